The number of hydrogen-bond donors (Lipinski definition) is 0. The number of carbonyl (C=O) groups excluding carboxylic acids is 1. The normalized spacial score (nSPS) is 25.1. The van der Waals surface area contributed by atoms with Gasteiger partial charge in [0.2, 0.25) is 0 Å². The largest absolute Gasteiger partial charge is 0.492 e. The zero-order valence-corrected chi connectivity index (χ0v) is 14.8. The van der Waals surface area contributed by atoms with Crippen molar-refractivity contribution in [3.05, 3.63) is 53.1 Å². The van der Waals surface area contributed by atoms with Crippen LogP contribution in [0, 0.1) is 0 Å². The highest BCUT2D eigenvalue weighted by molar-refractivity contribution is 5.75. The van der Waals surface area contributed by atoms with E-state index in [1.807, 2.05) is 18.2 Å². The first-order valence-electron chi connectivity index (χ1n) is 8.33. The van der Waals surface area contributed by atoms with Crippen LogP contribution >= 0.6 is 0 Å². The van der Waals surface area contributed by atoms with Crippen LogP contribution in [0.15, 0.2) is 36.4 Å². The first-order valence-corrected chi connectivity index (χ1v) is 8.33. The van der Waals surface area contributed by atoms with Crippen molar-refractivity contribution in [3.8, 4) is 5.75 Å². The Labute approximate surface area is 139 Å². The van der Waals surface area contributed by atoms with Gasteiger partial charge in [-0.15, -0.1) is 0 Å². The van der Waals surface area contributed by atoms with Gasteiger partial charge in [0.05, 0.1) is 12.0 Å². The molecule has 0 N–H and O–H groups in total. The van der Waals surface area contributed by atoms with Gasteiger partial charge >= 0.3 is 0 Å². The summed E-state index contributed by atoms with van der Waals surface area (Å²) >= 11 is 0. The summed E-state index contributed by atoms with van der Waals surface area (Å²) in [5, 5.41) is 0. The van der Waals surface area contributed by atoms with Crippen LogP contribution in [0.4, 0.5) is 0 Å². The summed E-state index contributed by atoms with van der Waals surface area (Å²) in [7, 11) is 0. The predicted octanol–water partition coefficient (Wildman–Crippen LogP) is 4.61. The lowest BCUT2D eigenvalue weighted by molar-refractivity contribution is -0.111. The van der Waals surface area contributed by atoms with E-state index in [2.05, 4.69) is 52.8 Å². The molecule has 1 aromatic rings. The van der Waals surface area contributed by atoms with E-state index in [-0.39, 0.29) is 10.8 Å². The van der Waals surface area contributed by atoms with Crippen molar-refractivity contribution in [1.29, 1.82) is 0 Å². The van der Waals surface area contributed by atoms with Crippen LogP contribution in [0.5, 0.6) is 5.75 Å². The average molecular weight is 310 g/mol. The van der Waals surface area contributed by atoms with Gasteiger partial charge in [-0.05, 0) is 17.4 Å². The van der Waals surface area contributed by atoms with Crippen molar-refractivity contribution in [1.82, 2.24) is 0 Å². The van der Waals surface area contributed by atoms with Crippen LogP contribution in [0.3, 0.4) is 0 Å². The first-order chi connectivity index (χ1) is 10.7. The fourth-order valence-electron chi connectivity index (χ4n) is 3.45. The molecule has 0 saturated carbocycles. The molecule has 1 aromatic carbocycles. The second-order valence-corrected chi connectivity index (χ2v) is 8.47. The van der Waals surface area contributed by atoms with Crippen LogP contribution in [0.1, 0.15) is 57.7 Å². The Kier molecular flexibility index (Phi) is 3.55. The molecule has 23 heavy (non-hydrogen) atoms. The maximum Gasteiger partial charge on any atom is 0.134 e. The summed E-state index contributed by atoms with van der Waals surface area (Å²) in [5.41, 5.74) is 2.89. The molecule has 1 atom stereocenters. The van der Waals surface area contributed by atoms with Gasteiger partial charge in [-0.1, -0.05) is 71.1 Å². The Bertz CT molecular complexity index is 701. The van der Waals surface area contributed by atoms with Gasteiger partial charge < -0.3 is 9.53 Å². The van der Waals surface area contributed by atoms with Gasteiger partial charge in [-0.25, -0.2) is 0 Å². The third-order valence-electron chi connectivity index (χ3n) is 5.05. The zero-order valence-electron chi connectivity index (χ0n) is 14.8. The van der Waals surface area contributed by atoms with Crippen LogP contribution in [0.2, 0.25) is 0 Å². The van der Waals surface area contributed by atoms with E-state index in [4.69, 9.17) is 4.74 Å². The van der Waals surface area contributed by atoms with Crippen molar-refractivity contribution in [2.24, 2.45) is 0 Å². The maximum atomic E-state index is 12.0. The minimum atomic E-state index is -0.553. The van der Waals surface area contributed by atoms with E-state index in [1.54, 1.807) is 0 Å². The molecule has 0 spiro atoms. The van der Waals surface area contributed by atoms with Gasteiger partial charge in [0, 0.05) is 16.5 Å². The van der Waals surface area contributed by atoms with E-state index >= 15 is 0 Å². The number of benzene rings is 1. The zero-order chi connectivity index (χ0) is 16.9. The number of hydrogen-bond acceptors (Lipinski definition) is 2. The fraction of sp³-hybridized carbons (Fsp3) is 0.476. The molecular formula is C21H26O2. The van der Waals surface area contributed by atoms with Gasteiger partial charge in [0.25, 0.3) is 0 Å². The molecule has 0 fully saturated rings. The number of allylic oxidation sites excluding steroid dienone is 4. The van der Waals surface area contributed by atoms with E-state index in [0.29, 0.717) is 6.61 Å². The Morgan fingerprint density at radius 2 is 1.91 bits per heavy atom. The van der Waals surface area contributed by atoms with Crippen LogP contribution in [0.25, 0.3) is 0 Å². The van der Waals surface area contributed by atoms with E-state index in [9.17, 15) is 4.79 Å². The summed E-state index contributed by atoms with van der Waals surface area (Å²) < 4.78 is 6.06. The fourth-order valence-corrected chi connectivity index (χ4v) is 3.45. The number of fused-ring (bicyclic) bond motifs is 1. The average Bonchev–Trinajstić information content (AvgIpc) is 2.82. The Balaban J connectivity index is 2.26. The quantitative estimate of drug-likeness (QED) is 0.746. The van der Waals surface area contributed by atoms with Gasteiger partial charge in [0.1, 0.15) is 12.0 Å². The molecule has 0 bridgehead atoms. The molecule has 3 rings (SSSR count). The highest BCUT2D eigenvalue weighted by atomic mass is 16.5. The highest BCUT2D eigenvalue weighted by Gasteiger charge is 2.39. The molecule has 1 heterocycles. The van der Waals surface area contributed by atoms with E-state index in [1.165, 1.54) is 11.1 Å². The third kappa shape index (κ3) is 2.54. The molecule has 2 heteroatoms. The molecule has 0 saturated heterocycles. The Morgan fingerprint density at radius 3 is 2.48 bits per heavy atom. The monoisotopic (exact) mass is 310 g/mol. The first kappa shape index (κ1) is 16.0. The topological polar surface area (TPSA) is 26.3 Å². The molecule has 0 amide bonds. The predicted molar refractivity (Wildman–Crippen MR) is 94.3 cm³/mol. The van der Waals surface area contributed by atoms with Crippen LogP contribution in [-0.4, -0.2) is 12.9 Å². The second-order valence-electron chi connectivity index (χ2n) is 8.47. The lowest BCUT2D eigenvalue weighted by atomic mass is 9.72. The second kappa shape index (κ2) is 5.09. The molecule has 122 valence electrons. The van der Waals surface area contributed by atoms with Crippen molar-refractivity contribution in [3.63, 3.8) is 0 Å². The van der Waals surface area contributed by atoms with Crippen LogP contribution < -0.4 is 4.74 Å². The summed E-state index contributed by atoms with van der Waals surface area (Å²) in [4.78, 5) is 12.0. The molecular weight excluding hydrogens is 284 g/mol. The van der Waals surface area contributed by atoms with Crippen molar-refractivity contribution >= 4 is 6.29 Å². The molecule has 1 aliphatic carbocycles. The molecule has 1 aliphatic heterocycles. The van der Waals surface area contributed by atoms with Gasteiger partial charge in [-0.2, -0.15) is 0 Å². The minimum absolute atomic E-state index is 0.0242. The molecule has 0 aromatic heterocycles. The van der Waals surface area contributed by atoms with Crippen LogP contribution in [-0.2, 0) is 21.0 Å². The summed E-state index contributed by atoms with van der Waals surface area (Å²) in [6, 6.07) is 4.37. The lowest BCUT2D eigenvalue weighted by Gasteiger charge is -2.30. The van der Waals surface area contributed by atoms with Crippen molar-refractivity contribution in [2.75, 3.05) is 6.61 Å². The molecule has 0 radical (unpaired) electrons. The molecule has 2 nitrogen and oxygen atoms in total. The smallest absolute Gasteiger partial charge is 0.134 e. The standard InChI is InChI=1S/C21H26O2/c1-19(2,3)16-11-15(21(13-22)9-7-6-8-10-21)12-17-18(16)23-14-20(17,4)5/h6-9,11-13H,10,14H2,1-5H3. The SMILES string of the molecule is CC(C)(C)c1cc(C2(C=O)C=CC=CC2)cc2c1OCC2(C)C. The number of rotatable bonds is 2. The highest BCUT2D eigenvalue weighted by Crippen LogP contribution is 2.47. The maximum absolute atomic E-state index is 12.0. The van der Waals surface area contributed by atoms with Gasteiger partial charge in [0.15, 0.2) is 0 Å². The van der Waals surface area contributed by atoms with Crippen molar-refractivity contribution in [2.45, 2.75) is 57.3 Å². The third-order valence-corrected chi connectivity index (χ3v) is 5.05. The summed E-state index contributed by atoms with van der Waals surface area (Å²) in [6.45, 7) is 11.7. The number of carbonyl (C=O) groups is 1. The summed E-state index contributed by atoms with van der Waals surface area (Å²) in [5.74, 6) is 1.02. The van der Waals surface area contributed by atoms with Gasteiger partial charge in [-0.3, -0.25) is 0 Å². The van der Waals surface area contributed by atoms with E-state index in [0.717, 1.165) is 24.0 Å². The Hall–Kier alpha value is -1.83. The minimum Gasteiger partial charge on any atom is -0.492 e. The number of aldehydes is 1. The molecule has 2 aliphatic rings. The Morgan fingerprint density at radius 1 is 1.17 bits per heavy atom. The van der Waals surface area contributed by atoms with E-state index < -0.39 is 5.41 Å². The van der Waals surface area contributed by atoms with Crippen molar-refractivity contribution < 1.29 is 9.53 Å². The lowest BCUT2D eigenvalue weighted by Crippen LogP contribution is -2.28. The molecule has 1 unspecified atom stereocenters. The summed E-state index contributed by atoms with van der Waals surface area (Å²) in [6.07, 6.45) is 9.88. The number of ether oxygens (including phenoxy) is 1.